The number of guanidine groups is 2. The SMILES string of the molecule is CN1CCN(Cc2ccc(C(=O)Nc3ccc(Cl)c(-c4ccccn4)c3)cc2)C(=O)C1.O=C(Nc1ccc(Cl)c(-c2ccccn2)c1)c1ccc(CN2CCNCC2=O)cc1.O=C(Nc1ccc(Cl)c(-c2ccccn2)c1)c1ccc(CNC2=NCCN2)cc1.O=C(Nc1ccc(Cl)c(-c2ccccn2)c1)c1ccc(CNC2=NCCN2)cc1Cl. The van der Waals surface area contributed by atoms with Crippen molar-refractivity contribution in [2.75, 3.05) is 93.8 Å². The van der Waals surface area contributed by atoms with Crippen LogP contribution in [0.1, 0.15) is 63.7 Å². The van der Waals surface area contributed by atoms with E-state index < -0.39 is 0 Å². The predicted molar refractivity (Wildman–Crippen MR) is 477 cm³/mol. The molecule has 0 saturated carbocycles. The molecule has 12 aromatic rings. The van der Waals surface area contributed by atoms with Gasteiger partial charge in [0.05, 0.1) is 79.6 Å². The van der Waals surface area contributed by atoms with E-state index in [-0.39, 0.29) is 35.4 Å². The van der Waals surface area contributed by atoms with E-state index in [9.17, 15) is 28.8 Å². The molecule has 4 aliphatic heterocycles. The van der Waals surface area contributed by atoms with E-state index in [4.69, 9.17) is 58.0 Å². The van der Waals surface area contributed by atoms with E-state index in [0.717, 1.165) is 118 Å². The van der Waals surface area contributed by atoms with E-state index in [1.807, 2.05) is 167 Å². The van der Waals surface area contributed by atoms with Gasteiger partial charge in [0.2, 0.25) is 11.8 Å². The van der Waals surface area contributed by atoms with Gasteiger partial charge in [-0.1, -0.05) is 125 Å². The summed E-state index contributed by atoms with van der Waals surface area (Å²) in [5.74, 6) is 0.913. The highest BCUT2D eigenvalue weighted by atomic mass is 35.5. The molecule has 16 rings (SSSR count). The van der Waals surface area contributed by atoms with Crippen molar-refractivity contribution in [3.63, 3.8) is 0 Å². The van der Waals surface area contributed by atoms with Gasteiger partial charge in [-0.2, -0.15) is 0 Å². The number of aliphatic imine (C=N–C) groups is 2. The van der Waals surface area contributed by atoms with Crippen LogP contribution in [0.15, 0.2) is 271 Å². The lowest BCUT2D eigenvalue weighted by Gasteiger charge is -2.32. The first-order valence-electron chi connectivity index (χ1n) is 38.5. The largest absolute Gasteiger partial charge is 0.355 e. The van der Waals surface area contributed by atoms with Gasteiger partial charge in [0.1, 0.15) is 0 Å². The summed E-state index contributed by atoms with van der Waals surface area (Å²) in [5, 5.41) is 30.1. The van der Waals surface area contributed by atoms with Crippen molar-refractivity contribution >= 4 is 128 Å². The summed E-state index contributed by atoms with van der Waals surface area (Å²) in [7, 11) is 1.95. The summed E-state index contributed by atoms with van der Waals surface area (Å²) >= 11 is 31.6. The molecule has 0 radical (unpaired) electrons. The first-order chi connectivity index (χ1) is 58.4. The van der Waals surface area contributed by atoms with Gasteiger partial charge in [0.25, 0.3) is 23.6 Å². The number of nitrogens with one attached hydrogen (secondary N) is 9. The maximum atomic E-state index is 12.8. The molecule has 0 bridgehead atoms. The average Bonchev–Trinajstić information content (AvgIpc) is 1.13. The Morgan fingerprint density at radius 1 is 0.375 bits per heavy atom. The standard InChI is InChI=1S/C24H23ClN4O2.C23H21ClN4O2.C22H19Cl2N5O.C22H20ClN5O/c1-28-12-13-29(23(30)16-28)15-17-5-7-18(8-6-17)24(31)27-19-9-10-21(25)20(14-19)22-4-2-3-11-26-22;24-20-9-8-18(13-19(20)21-3-1-2-10-26-21)27-23(30)17-6-4-16(5-7-17)15-28-12-11-25-14-22(28)29;23-18-7-5-15(12-17(18)20-3-1-2-8-25-20)29-21(30)16-6-4-14(11-19(16)24)13-28-22-26-9-10-27-22;23-19-9-8-17(13-18(19)20-3-1-2-10-24-20)28-21(29)16-6-4-15(5-7-16)14-27-22-25-11-12-26-22/h2-11,14H,12-13,15-16H2,1H3,(H,27,31);1-10,13,25H,11-12,14-15H2,(H,27,30);1-8,11-12H,9-10,13H2,(H,29,30)(H2,26,27,28);1-10,13H,11-12,14H2,(H,28,29)(H2,25,26,27). The summed E-state index contributed by atoms with van der Waals surface area (Å²) in [6.07, 6.45) is 6.81. The van der Waals surface area contributed by atoms with Crippen LogP contribution in [0.2, 0.25) is 25.1 Å². The summed E-state index contributed by atoms with van der Waals surface area (Å²) in [6.45, 7) is 9.50. The quantitative estimate of drug-likeness (QED) is 0.0343. The van der Waals surface area contributed by atoms with Gasteiger partial charge < -0.3 is 57.7 Å². The van der Waals surface area contributed by atoms with Crippen LogP contribution in [-0.2, 0) is 35.8 Å². The number of halogens is 5. The van der Waals surface area contributed by atoms with Gasteiger partial charge in [-0.05, 0) is 199 Å². The number of amides is 6. The van der Waals surface area contributed by atoms with Gasteiger partial charge in [-0.25, -0.2) is 0 Å². The van der Waals surface area contributed by atoms with E-state index >= 15 is 0 Å². The second-order valence-electron chi connectivity index (χ2n) is 27.9. The van der Waals surface area contributed by atoms with Gasteiger partial charge in [-0.15, -0.1) is 0 Å². The zero-order valence-electron chi connectivity index (χ0n) is 65.1. The molecule has 120 heavy (non-hydrogen) atoms. The van der Waals surface area contributed by atoms with Crippen molar-refractivity contribution in [2.24, 2.45) is 9.98 Å². The third kappa shape index (κ3) is 23.9. The third-order valence-electron chi connectivity index (χ3n) is 19.3. The molecule has 4 aromatic heterocycles. The molecule has 6 amide bonds. The van der Waals surface area contributed by atoms with Crippen molar-refractivity contribution in [1.29, 1.82) is 0 Å². The third-order valence-corrected chi connectivity index (χ3v) is 20.9. The highest BCUT2D eigenvalue weighted by Gasteiger charge is 2.24. The van der Waals surface area contributed by atoms with Crippen LogP contribution in [0, 0.1) is 0 Å². The van der Waals surface area contributed by atoms with Crippen LogP contribution in [0.25, 0.3) is 45.0 Å². The number of hydrogen-bond donors (Lipinski definition) is 9. The van der Waals surface area contributed by atoms with Crippen LogP contribution < -0.4 is 47.9 Å². The van der Waals surface area contributed by atoms with Gasteiger partial charge in [0.15, 0.2) is 11.9 Å². The van der Waals surface area contributed by atoms with Crippen LogP contribution in [0.4, 0.5) is 22.7 Å². The number of pyridine rings is 4. The number of anilines is 4. The molecule has 29 heteroatoms. The maximum absolute atomic E-state index is 12.8. The van der Waals surface area contributed by atoms with Gasteiger partial charge in [-0.3, -0.25) is 63.6 Å². The molecule has 0 aliphatic carbocycles. The molecule has 2 fully saturated rings. The Balaban J connectivity index is 0.000000138. The van der Waals surface area contributed by atoms with Crippen LogP contribution in [0.5, 0.6) is 0 Å². The molecule has 0 spiro atoms. The topological polar surface area (TPSA) is 297 Å². The summed E-state index contributed by atoms with van der Waals surface area (Å²) in [6, 6.07) is 71.2. The lowest BCUT2D eigenvalue weighted by atomic mass is 10.1. The van der Waals surface area contributed by atoms with E-state index in [1.54, 1.807) is 116 Å². The second kappa shape index (κ2) is 42.0. The number of piperazine rings is 2. The fraction of sp³-hybridized carbons (Fsp3) is 0.165. The van der Waals surface area contributed by atoms with Crippen molar-refractivity contribution < 1.29 is 28.8 Å². The van der Waals surface area contributed by atoms with Crippen LogP contribution >= 0.6 is 58.0 Å². The number of carbonyl (C=O) groups is 6. The fourth-order valence-corrected chi connectivity index (χ4v) is 14.0. The molecule has 24 nitrogen and oxygen atoms in total. The average molecular weight is 1700 g/mol. The molecule has 4 aliphatic rings. The minimum Gasteiger partial charge on any atom is -0.355 e. The molecule has 608 valence electrons. The first kappa shape index (κ1) is 85.0. The Hall–Kier alpha value is -12.9. The predicted octanol–water partition coefficient (Wildman–Crippen LogP) is 15.6. The second-order valence-corrected chi connectivity index (χ2v) is 30.0. The van der Waals surface area contributed by atoms with Crippen molar-refractivity contribution in [2.45, 2.75) is 26.2 Å². The molecule has 9 N–H and O–H groups in total. The minimum atomic E-state index is -0.296. The molecular weight excluding hydrogens is 1620 g/mol. The fourth-order valence-electron chi connectivity index (χ4n) is 12.9. The van der Waals surface area contributed by atoms with E-state index in [2.05, 4.69) is 77.8 Å². The smallest absolute Gasteiger partial charge is 0.257 e. The van der Waals surface area contributed by atoms with Crippen LogP contribution in [0.3, 0.4) is 0 Å². The monoisotopic (exact) mass is 1700 g/mol. The van der Waals surface area contributed by atoms with Crippen molar-refractivity contribution in [3.8, 4) is 45.0 Å². The Morgan fingerprint density at radius 3 is 1.09 bits per heavy atom. The van der Waals surface area contributed by atoms with Gasteiger partial charge >= 0.3 is 0 Å². The first-order valence-corrected chi connectivity index (χ1v) is 40.4. The summed E-state index contributed by atoms with van der Waals surface area (Å²) < 4.78 is 0. The van der Waals surface area contributed by atoms with Crippen LogP contribution in [-0.4, -0.2) is 154 Å². The number of likely N-dealkylation sites (N-methyl/N-ethyl adjacent to an activating group) is 1. The van der Waals surface area contributed by atoms with Gasteiger partial charge in [0, 0.05) is 152 Å². The molecule has 0 unspecified atom stereocenters. The Morgan fingerprint density at radius 2 is 0.742 bits per heavy atom. The summed E-state index contributed by atoms with van der Waals surface area (Å²) in [4.78, 5) is 106. The maximum Gasteiger partial charge on any atom is 0.257 e. The molecule has 2 saturated heterocycles. The number of hydrogen-bond acceptors (Lipinski definition) is 18. The normalized spacial score (nSPS) is 13.5. The Labute approximate surface area is 719 Å². The number of nitrogens with zero attached hydrogens (tertiary/aromatic N) is 9. The lowest BCUT2D eigenvalue weighted by molar-refractivity contribution is -0.136. The zero-order valence-corrected chi connectivity index (χ0v) is 68.9. The van der Waals surface area contributed by atoms with E-state index in [0.29, 0.717) is 122 Å². The number of rotatable bonds is 20. The summed E-state index contributed by atoms with van der Waals surface area (Å²) in [5.41, 5.74) is 14.6. The molecule has 0 atom stereocenters. The van der Waals surface area contributed by atoms with E-state index in [1.165, 1.54) is 0 Å². The van der Waals surface area contributed by atoms with Crippen molar-refractivity contribution in [3.05, 3.63) is 331 Å². The molecular formula is C91H83Cl5N18O6. The molecule has 8 heterocycles. The Kier molecular flexibility index (Phi) is 29.7. The lowest BCUT2D eigenvalue weighted by Crippen LogP contribution is -2.48. The van der Waals surface area contributed by atoms with Crippen molar-refractivity contribution in [1.82, 2.24) is 61.2 Å². The minimum absolute atomic E-state index is 0.0921. The highest BCUT2D eigenvalue weighted by Crippen LogP contribution is 2.34. The zero-order chi connectivity index (χ0) is 83.7. The number of benzene rings is 8. The number of carbonyl (C=O) groups excluding carboxylic acids is 6. The Bertz CT molecular complexity index is 5670. The number of aromatic nitrogens is 4. The molecule has 8 aromatic carbocycles. The highest BCUT2D eigenvalue weighted by molar-refractivity contribution is 6.36.